The fourth-order valence-corrected chi connectivity index (χ4v) is 1.36. The van der Waals surface area contributed by atoms with Crippen LogP contribution in [0.15, 0.2) is 24.3 Å². The second kappa shape index (κ2) is 6.88. The second-order valence-electron chi connectivity index (χ2n) is 3.78. The van der Waals surface area contributed by atoms with Crippen LogP contribution in [0.3, 0.4) is 0 Å². The van der Waals surface area contributed by atoms with E-state index in [9.17, 15) is 4.79 Å². The van der Waals surface area contributed by atoms with Crippen LogP contribution in [0.4, 0.5) is 5.69 Å². The van der Waals surface area contributed by atoms with E-state index in [1.165, 1.54) is 12.1 Å². The molecule has 1 aromatic carbocycles. The first-order chi connectivity index (χ1) is 8.13. The summed E-state index contributed by atoms with van der Waals surface area (Å²) in [6.07, 6.45) is 1.33. The summed E-state index contributed by atoms with van der Waals surface area (Å²) in [6.45, 7) is 0.597. The van der Waals surface area contributed by atoms with E-state index in [1.54, 1.807) is 19.2 Å². The molecular weight excluding hydrogens is 220 g/mol. The number of rotatable bonds is 6. The number of nitrogens with two attached hydrogens (primary N) is 1. The summed E-state index contributed by atoms with van der Waals surface area (Å²) in [5.41, 5.74) is 6.34. The molecular formula is C12H18N2O3. The smallest absolute Gasteiger partial charge is 0.241 e. The molecule has 0 radical (unpaired) electrons. The average Bonchev–Trinajstić information content (AvgIpc) is 2.32. The van der Waals surface area contributed by atoms with Gasteiger partial charge in [-0.05, 0) is 37.1 Å². The van der Waals surface area contributed by atoms with Gasteiger partial charge < -0.3 is 20.9 Å². The zero-order valence-corrected chi connectivity index (χ0v) is 9.85. The first-order valence-electron chi connectivity index (χ1n) is 5.48. The summed E-state index contributed by atoms with van der Waals surface area (Å²) >= 11 is 0. The highest BCUT2D eigenvalue weighted by Crippen LogP contribution is 2.14. The number of phenols is 1. The van der Waals surface area contributed by atoms with Crippen LogP contribution in [0.1, 0.15) is 12.8 Å². The Labute approximate surface area is 101 Å². The highest BCUT2D eigenvalue weighted by atomic mass is 16.5. The van der Waals surface area contributed by atoms with E-state index in [4.69, 9.17) is 15.6 Å². The van der Waals surface area contributed by atoms with Crippen molar-refractivity contribution in [1.82, 2.24) is 0 Å². The molecule has 1 aromatic rings. The number of carbonyl (C=O) groups is 1. The summed E-state index contributed by atoms with van der Waals surface area (Å²) < 4.78 is 4.89. The predicted octanol–water partition coefficient (Wildman–Crippen LogP) is 1.08. The Morgan fingerprint density at radius 1 is 1.47 bits per heavy atom. The SMILES string of the molecule is COCCCC(N)C(=O)Nc1ccc(O)cc1. The maximum atomic E-state index is 11.7. The van der Waals surface area contributed by atoms with E-state index in [0.717, 1.165) is 6.42 Å². The quantitative estimate of drug-likeness (QED) is 0.511. The van der Waals surface area contributed by atoms with Gasteiger partial charge in [0.15, 0.2) is 0 Å². The van der Waals surface area contributed by atoms with Crippen LogP contribution in [-0.4, -0.2) is 30.8 Å². The van der Waals surface area contributed by atoms with Crippen LogP contribution in [0.2, 0.25) is 0 Å². The number of ether oxygens (including phenoxy) is 1. The topological polar surface area (TPSA) is 84.6 Å². The number of aromatic hydroxyl groups is 1. The fourth-order valence-electron chi connectivity index (χ4n) is 1.36. The van der Waals surface area contributed by atoms with Gasteiger partial charge in [-0.1, -0.05) is 0 Å². The highest BCUT2D eigenvalue weighted by molar-refractivity contribution is 5.94. The first-order valence-corrected chi connectivity index (χ1v) is 5.48. The molecule has 1 rings (SSSR count). The minimum atomic E-state index is -0.543. The molecule has 5 nitrogen and oxygen atoms in total. The van der Waals surface area contributed by atoms with E-state index in [1.807, 2.05) is 0 Å². The van der Waals surface area contributed by atoms with Gasteiger partial charge in [-0.3, -0.25) is 4.79 Å². The third-order valence-electron chi connectivity index (χ3n) is 2.34. The third kappa shape index (κ3) is 4.84. The molecule has 4 N–H and O–H groups in total. The van der Waals surface area contributed by atoms with Crippen LogP contribution in [-0.2, 0) is 9.53 Å². The van der Waals surface area contributed by atoms with E-state index in [0.29, 0.717) is 18.7 Å². The summed E-state index contributed by atoms with van der Waals surface area (Å²) in [5, 5.41) is 11.8. The third-order valence-corrected chi connectivity index (χ3v) is 2.34. The molecule has 0 spiro atoms. The number of hydrogen-bond acceptors (Lipinski definition) is 4. The number of benzene rings is 1. The summed E-state index contributed by atoms with van der Waals surface area (Å²) in [7, 11) is 1.61. The van der Waals surface area contributed by atoms with E-state index < -0.39 is 6.04 Å². The number of nitrogens with one attached hydrogen (secondary N) is 1. The predicted molar refractivity (Wildman–Crippen MR) is 65.8 cm³/mol. The first kappa shape index (κ1) is 13.5. The monoisotopic (exact) mass is 238 g/mol. The zero-order chi connectivity index (χ0) is 12.7. The maximum Gasteiger partial charge on any atom is 0.241 e. The molecule has 0 aliphatic heterocycles. The van der Waals surface area contributed by atoms with Gasteiger partial charge in [0.2, 0.25) is 5.91 Å². The molecule has 1 unspecified atom stereocenters. The molecule has 0 saturated heterocycles. The Kier molecular flexibility index (Phi) is 5.45. The number of amides is 1. The van der Waals surface area contributed by atoms with Crippen molar-refractivity contribution >= 4 is 11.6 Å². The Hall–Kier alpha value is -1.59. The van der Waals surface area contributed by atoms with E-state index >= 15 is 0 Å². The van der Waals surface area contributed by atoms with Crippen LogP contribution >= 0.6 is 0 Å². The van der Waals surface area contributed by atoms with Crippen molar-refractivity contribution in [2.45, 2.75) is 18.9 Å². The number of phenolic OH excluding ortho intramolecular Hbond substituents is 1. The largest absolute Gasteiger partial charge is 0.508 e. The molecule has 0 heterocycles. The molecule has 0 aromatic heterocycles. The Morgan fingerprint density at radius 3 is 2.71 bits per heavy atom. The van der Waals surface area contributed by atoms with Gasteiger partial charge >= 0.3 is 0 Å². The van der Waals surface area contributed by atoms with E-state index in [-0.39, 0.29) is 11.7 Å². The van der Waals surface area contributed by atoms with Crippen molar-refractivity contribution in [2.75, 3.05) is 19.0 Å². The lowest BCUT2D eigenvalue weighted by Gasteiger charge is -2.11. The standard InChI is InChI=1S/C12H18N2O3/c1-17-8-2-3-11(13)12(16)14-9-4-6-10(15)7-5-9/h4-7,11,15H,2-3,8,13H2,1H3,(H,14,16). The molecule has 0 fully saturated rings. The Morgan fingerprint density at radius 2 is 2.12 bits per heavy atom. The zero-order valence-electron chi connectivity index (χ0n) is 9.85. The second-order valence-corrected chi connectivity index (χ2v) is 3.78. The lowest BCUT2D eigenvalue weighted by atomic mass is 10.1. The highest BCUT2D eigenvalue weighted by Gasteiger charge is 2.12. The Balaban J connectivity index is 2.40. The molecule has 1 atom stereocenters. The average molecular weight is 238 g/mol. The molecule has 0 aliphatic rings. The van der Waals surface area contributed by atoms with Crippen molar-refractivity contribution in [3.05, 3.63) is 24.3 Å². The van der Waals surface area contributed by atoms with E-state index in [2.05, 4.69) is 5.32 Å². The van der Waals surface area contributed by atoms with Crippen molar-refractivity contribution in [2.24, 2.45) is 5.73 Å². The van der Waals surface area contributed by atoms with Crippen LogP contribution in [0.5, 0.6) is 5.75 Å². The van der Waals surface area contributed by atoms with Crippen LogP contribution in [0.25, 0.3) is 0 Å². The normalized spacial score (nSPS) is 12.1. The number of methoxy groups -OCH3 is 1. The Bertz CT molecular complexity index is 351. The molecule has 17 heavy (non-hydrogen) atoms. The van der Waals surface area contributed by atoms with Crippen LogP contribution in [0, 0.1) is 0 Å². The lowest BCUT2D eigenvalue weighted by Crippen LogP contribution is -2.35. The number of anilines is 1. The molecule has 1 amide bonds. The molecule has 5 heteroatoms. The lowest BCUT2D eigenvalue weighted by molar-refractivity contribution is -0.117. The van der Waals surface area contributed by atoms with Gasteiger partial charge in [-0.15, -0.1) is 0 Å². The fraction of sp³-hybridized carbons (Fsp3) is 0.417. The van der Waals surface area contributed by atoms with Gasteiger partial charge in [-0.25, -0.2) is 0 Å². The maximum absolute atomic E-state index is 11.7. The summed E-state index contributed by atoms with van der Waals surface area (Å²) in [6, 6.07) is 5.71. The summed E-state index contributed by atoms with van der Waals surface area (Å²) in [4.78, 5) is 11.7. The van der Waals surface area contributed by atoms with Gasteiger partial charge in [0.1, 0.15) is 5.75 Å². The minimum Gasteiger partial charge on any atom is -0.508 e. The van der Waals surface area contributed by atoms with Gasteiger partial charge in [0.05, 0.1) is 6.04 Å². The minimum absolute atomic E-state index is 0.160. The molecule has 94 valence electrons. The van der Waals surface area contributed by atoms with Gasteiger partial charge in [0.25, 0.3) is 0 Å². The van der Waals surface area contributed by atoms with Gasteiger partial charge in [0, 0.05) is 19.4 Å². The van der Waals surface area contributed by atoms with Crippen molar-refractivity contribution < 1.29 is 14.6 Å². The van der Waals surface area contributed by atoms with Crippen molar-refractivity contribution in [3.8, 4) is 5.75 Å². The molecule has 0 aliphatic carbocycles. The molecule has 0 bridgehead atoms. The van der Waals surface area contributed by atoms with Crippen molar-refractivity contribution in [3.63, 3.8) is 0 Å². The number of hydrogen-bond donors (Lipinski definition) is 3. The summed E-state index contributed by atoms with van der Waals surface area (Å²) in [5.74, 6) is -0.0702. The van der Waals surface area contributed by atoms with Crippen molar-refractivity contribution in [1.29, 1.82) is 0 Å². The van der Waals surface area contributed by atoms with Crippen LogP contribution < -0.4 is 11.1 Å². The number of carbonyl (C=O) groups excluding carboxylic acids is 1. The molecule has 0 saturated carbocycles. The van der Waals surface area contributed by atoms with Gasteiger partial charge in [-0.2, -0.15) is 0 Å².